The molecule has 2 aromatic heterocycles. The first-order valence-electron chi connectivity index (χ1n) is 10.4. The molecule has 0 spiro atoms. The number of nitrogens with one attached hydrogen (secondary N) is 1. The molecule has 2 aromatic rings. The van der Waals surface area contributed by atoms with Crippen molar-refractivity contribution in [2.75, 3.05) is 0 Å². The number of pyridine rings is 1. The van der Waals surface area contributed by atoms with Crippen molar-refractivity contribution in [3.8, 4) is 0 Å². The highest BCUT2D eigenvalue weighted by atomic mass is 16.1. The van der Waals surface area contributed by atoms with Crippen LogP contribution in [-0.2, 0) is 34.3 Å². The molecule has 0 aliphatic heterocycles. The molecule has 1 saturated carbocycles. The van der Waals surface area contributed by atoms with Crippen molar-refractivity contribution in [2.45, 2.75) is 51.4 Å². The maximum Gasteiger partial charge on any atom is 0.124 e. The van der Waals surface area contributed by atoms with Gasteiger partial charge in [0.2, 0.25) is 0 Å². The second-order valence-electron chi connectivity index (χ2n) is 9.60. The van der Waals surface area contributed by atoms with Gasteiger partial charge < -0.3 is 9.59 Å². The molecule has 1 N–H and O–H groups in total. The number of hydrogen-bond donors (Lipinski definition) is 1. The zero-order valence-electron chi connectivity index (χ0n) is 16.5. The molecule has 0 bridgehead atoms. The van der Waals surface area contributed by atoms with Crippen molar-refractivity contribution in [1.82, 2.24) is 15.2 Å². The van der Waals surface area contributed by atoms with E-state index in [0.29, 0.717) is 6.42 Å². The molecule has 3 aliphatic carbocycles. The Morgan fingerprint density at radius 3 is 2.79 bits per heavy atom. The smallest absolute Gasteiger partial charge is 0.124 e. The molecular weight excluding hydrogens is 350 g/mol. The number of hydrogen-bond acceptors (Lipinski definition) is 4. The number of rotatable bonds is 3. The van der Waals surface area contributed by atoms with Gasteiger partial charge in [-0.3, -0.25) is 10.1 Å². The quantitative estimate of drug-likeness (QED) is 0.834. The van der Waals surface area contributed by atoms with Crippen LogP contribution in [-0.4, -0.2) is 27.8 Å². The minimum atomic E-state index is -0.215. The molecule has 0 saturated heterocycles. The highest BCUT2D eigenvalue weighted by Crippen LogP contribution is 2.59. The number of carbonyl (C=O) groups excluding carboxylic acids is 2. The zero-order valence-corrected chi connectivity index (χ0v) is 16.5. The highest BCUT2D eigenvalue weighted by molar-refractivity contribution is 5.61. The maximum absolute atomic E-state index is 12.5. The van der Waals surface area contributed by atoms with Crippen LogP contribution in [0.1, 0.15) is 49.2 Å². The fourth-order valence-electron chi connectivity index (χ4n) is 6.78. The van der Waals surface area contributed by atoms with Gasteiger partial charge in [-0.15, -0.1) is 0 Å². The van der Waals surface area contributed by atoms with E-state index < -0.39 is 0 Å². The fourth-order valence-corrected chi connectivity index (χ4v) is 6.78. The average molecular weight is 377 g/mol. The average Bonchev–Trinajstić information content (AvgIpc) is 3.27. The molecule has 28 heavy (non-hydrogen) atoms. The third kappa shape index (κ3) is 2.25. The predicted molar refractivity (Wildman–Crippen MR) is 105 cm³/mol. The van der Waals surface area contributed by atoms with E-state index in [1.807, 2.05) is 18.5 Å². The molecule has 0 radical (unpaired) electrons. The number of H-pyrrole nitrogens is 1. The lowest BCUT2D eigenvalue weighted by atomic mass is 9.50. The minimum Gasteiger partial charge on any atom is -0.303 e. The van der Waals surface area contributed by atoms with E-state index in [-0.39, 0.29) is 34.5 Å². The zero-order chi connectivity index (χ0) is 19.5. The summed E-state index contributed by atoms with van der Waals surface area (Å²) < 4.78 is 0. The molecular formula is C23H27N3O2. The number of aromatic amines is 1. The lowest BCUT2D eigenvalue weighted by Crippen LogP contribution is -2.52. The van der Waals surface area contributed by atoms with Crippen molar-refractivity contribution in [3.05, 3.63) is 47.0 Å². The molecule has 1 fully saturated rings. The third-order valence-corrected chi connectivity index (χ3v) is 8.41. The van der Waals surface area contributed by atoms with Crippen LogP contribution < -0.4 is 0 Å². The van der Waals surface area contributed by atoms with Gasteiger partial charge in [0.05, 0.1) is 6.20 Å². The first kappa shape index (κ1) is 17.8. The Kier molecular flexibility index (Phi) is 3.87. The Labute approximate surface area is 165 Å². The summed E-state index contributed by atoms with van der Waals surface area (Å²) in [7, 11) is 0. The Hall–Kier alpha value is -2.30. The lowest BCUT2D eigenvalue weighted by molar-refractivity contribution is -0.128. The second kappa shape index (κ2) is 6.10. The summed E-state index contributed by atoms with van der Waals surface area (Å²) in [6.45, 7) is 4.52. The number of fused-ring (bicyclic) bond motifs is 4. The first-order valence-corrected chi connectivity index (χ1v) is 10.4. The van der Waals surface area contributed by atoms with Crippen molar-refractivity contribution >= 4 is 12.6 Å². The van der Waals surface area contributed by atoms with E-state index >= 15 is 0 Å². The Balaban J connectivity index is 1.54. The predicted octanol–water partition coefficient (Wildman–Crippen LogP) is 3.08. The number of nitrogens with zero attached hydrogens (tertiary/aromatic N) is 2. The van der Waals surface area contributed by atoms with Gasteiger partial charge in [-0.2, -0.15) is 5.10 Å². The number of aromatic nitrogens is 3. The maximum atomic E-state index is 12.5. The van der Waals surface area contributed by atoms with Crippen LogP contribution in [0.25, 0.3) is 0 Å². The van der Waals surface area contributed by atoms with Crippen LogP contribution in [0.3, 0.4) is 0 Å². The molecule has 0 aromatic carbocycles. The van der Waals surface area contributed by atoms with Crippen LogP contribution >= 0.6 is 0 Å². The van der Waals surface area contributed by atoms with E-state index in [1.54, 1.807) is 0 Å². The van der Waals surface area contributed by atoms with Crippen molar-refractivity contribution in [2.24, 2.45) is 29.1 Å². The van der Waals surface area contributed by atoms with E-state index in [2.05, 4.69) is 30.1 Å². The molecule has 2 heterocycles. The standard InChI is InChI=1S/C23H27N3O2/c1-22-6-5-18(17(13-28)19(22)8-14-4-3-7-24-21(14)22)23(2)10-15-11-25-26-20(15)9-16(23)12-27/h3-4,7,11-13,16-19H,5-6,8-10H2,1-2H3,(H,25,26)/t16-,17-,18+,19+,22+,23+/m1/s1. The lowest BCUT2D eigenvalue weighted by Gasteiger charge is -2.53. The van der Waals surface area contributed by atoms with Crippen molar-refractivity contribution in [1.29, 1.82) is 0 Å². The summed E-state index contributed by atoms with van der Waals surface area (Å²) >= 11 is 0. The molecule has 6 atom stereocenters. The number of aldehydes is 2. The van der Waals surface area contributed by atoms with E-state index in [9.17, 15) is 9.59 Å². The van der Waals surface area contributed by atoms with Gasteiger partial charge in [0.25, 0.3) is 0 Å². The van der Waals surface area contributed by atoms with Crippen LogP contribution in [0.2, 0.25) is 0 Å². The van der Waals surface area contributed by atoms with E-state index in [4.69, 9.17) is 4.98 Å². The third-order valence-electron chi connectivity index (χ3n) is 8.41. The molecule has 5 nitrogen and oxygen atoms in total. The van der Waals surface area contributed by atoms with Crippen LogP contribution in [0, 0.1) is 29.1 Å². The summed E-state index contributed by atoms with van der Waals surface area (Å²) in [4.78, 5) is 29.2. The Bertz CT molecular complexity index is 937. The summed E-state index contributed by atoms with van der Waals surface area (Å²) in [5.41, 5.74) is 4.50. The van der Waals surface area contributed by atoms with Gasteiger partial charge >= 0.3 is 0 Å². The highest BCUT2D eigenvalue weighted by Gasteiger charge is 2.58. The van der Waals surface area contributed by atoms with E-state index in [1.165, 1.54) is 23.1 Å². The second-order valence-corrected chi connectivity index (χ2v) is 9.60. The number of carbonyl (C=O) groups is 2. The van der Waals surface area contributed by atoms with Gasteiger partial charge in [-0.25, -0.2) is 0 Å². The van der Waals surface area contributed by atoms with Crippen molar-refractivity contribution in [3.63, 3.8) is 0 Å². The van der Waals surface area contributed by atoms with Gasteiger partial charge in [0, 0.05) is 34.8 Å². The summed E-state index contributed by atoms with van der Waals surface area (Å²) in [6, 6.07) is 4.16. The Morgan fingerprint density at radius 2 is 2.00 bits per heavy atom. The van der Waals surface area contributed by atoms with Gasteiger partial charge in [-0.05, 0) is 66.5 Å². The van der Waals surface area contributed by atoms with Crippen LogP contribution in [0.5, 0.6) is 0 Å². The normalized spacial score (nSPS) is 38.9. The van der Waals surface area contributed by atoms with Gasteiger partial charge in [0.15, 0.2) is 0 Å². The summed E-state index contributed by atoms with van der Waals surface area (Å²) in [5.74, 6) is 0.340. The largest absolute Gasteiger partial charge is 0.303 e. The SMILES string of the molecule is C[C@]1([C@H]2CC[C@]3(C)c4ncccc4C[C@H]3[C@@H]2C=O)Cc2cn[nH]c2C[C@@H]1C=O. The molecule has 5 heteroatoms. The molecule has 146 valence electrons. The monoisotopic (exact) mass is 377 g/mol. The fraction of sp³-hybridized carbons (Fsp3) is 0.565. The molecule has 5 rings (SSSR count). The van der Waals surface area contributed by atoms with Crippen LogP contribution in [0.15, 0.2) is 24.5 Å². The molecule has 3 aliphatic rings. The first-order chi connectivity index (χ1) is 13.5. The van der Waals surface area contributed by atoms with Gasteiger partial charge in [0.1, 0.15) is 12.6 Å². The summed E-state index contributed by atoms with van der Waals surface area (Å²) in [5, 5.41) is 7.25. The molecule has 0 amide bonds. The molecule has 0 unspecified atom stereocenters. The van der Waals surface area contributed by atoms with Gasteiger partial charge in [-0.1, -0.05) is 19.9 Å². The summed E-state index contributed by atoms with van der Waals surface area (Å²) in [6.07, 6.45) is 10.5. The topological polar surface area (TPSA) is 75.7 Å². The van der Waals surface area contributed by atoms with E-state index in [0.717, 1.165) is 37.7 Å². The Morgan fingerprint density at radius 1 is 1.14 bits per heavy atom. The van der Waals surface area contributed by atoms with Crippen LogP contribution in [0.4, 0.5) is 0 Å². The minimum absolute atomic E-state index is 0.0405. The van der Waals surface area contributed by atoms with Crippen molar-refractivity contribution < 1.29 is 9.59 Å².